The number of nitrogens with zero attached hydrogens (tertiary/aromatic N) is 2. The van der Waals surface area contributed by atoms with Crippen molar-refractivity contribution >= 4 is 60.1 Å². The Bertz CT molecular complexity index is 1300. The standard InChI is InChI=1S/C22H23ClN4O5S2/c23-17-5-2-1-4-16(17)20(28)25-21(29)26-22-24-18-7-6-15(14-19(18)33-22)34(30,31)13-10-27-8-3-11-32-12-9-27/h1-2,4-7,14H,3,8-13H2,(H2,24,25,26,28,29). The number of aromatic nitrogens is 1. The minimum absolute atomic E-state index is 0.00891. The second kappa shape index (κ2) is 10.8. The van der Waals surface area contributed by atoms with E-state index in [9.17, 15) is 18.0 Å². The summed E-state index contributed by atoms with van der Waals surface area (Å²) >= 11 is 7.10. The number of rotatable bonds is 6. The number of halogens is 1. The van der Waals surface area contributed by atoms with Gasteiger partial charge >= 0.3 is 6.03 Å². The second-order valence-electron chi connectivity index (χ2n) is 7.66. The van der Waals surface area contributed by atoms with Gasteiger partial charge in [-0.05, 0) is 36.8 Å². The van der Waals surface area contributed by atoms with Gasteiger partial charge in [-0.25, -0.2) is 18.2 Å². The van der Waals surface area contributed by atoms with Crippen LogP contribution in [0.15, 0.2) is 47.4 Å². The Kier molecular flexibility index (Phi) is 7.79. The number of amides is 3. The number of nitrogens with one attached hydrogen (secondary N) is 2. The van der Waals surface area contributed by atoms with Gasteiger partial charge in [0.2, 0.25) is 0 Å². The molecule has 1 fully saturated rings. The zero-order valence-corrected chi connectivity index (χ0v) is 20.5. The molecule has 34 heavy (non-hydrogen) atoms. The van der Waals surface area contributed by atoms with E-state index in [4.69, 9.17) is 16.3 Å². The number of imide groups is 1. The van der Waals surface area contributed by atoms with Crippen molar-refractivity contribution in [3.8, 4) is 0 Å². The molecule has 0 aliphatic carbocycles. The van der Waals surface area contributed by atoms with Crippen LogP contribution < -0.4 is 10.6 Å². The van der Waals surface area contributed by atoms with Crippen LogP contribution in [0.5, 0.6) is 0 Å². The predicted octanol–water partition coefficient (Wildman–Crippen LogP) is 3.41. The molecule has 0 saturated carbocycles. The highest BCUT2D eigenvalue weighted by Gasteiger charge is 2.20. The van der Waals surface area contributed by atoms with E-state index < -0.39 is 21.8 Å². The Balaban J connectivity index is 1.40. The van der Waals surface area contributed by atoms with E-state index in [1.54, 1.807) is 30.3 Å². The number of carbonyl (C=O) groups excluding carboxylic acids is 2. The van der Waals surface area contributed by atoms with E-state index in [-0.39, 0.29) is 26.4 Å². The molecule has 2 N–H and O–H groups in total. The normalized spacial score (nSPS) is 15.1. The molecule has 1 aliphatic heterocycles. The van der Waals surface area contributed by atoms with E-state index in [2.05, 4.69) is 20.5 Å². The second-order valence-corrected chi connectivity index (χ2v) is 11.2. The van der Waals surface area contributed by atoms with E-state index in [0.29, 0.717) is 30.0 Å². The summed E-state index contributed by atoms with van der Waals surface area (Å²) in [6.45, 7) is 3.30. The number of anilines is 1. The fraction of sp³-hybridized carbons (Fsp3) is 0.318. The van der Waals surface area contributed by atoms with Gasteiger partial charge in [0.05, 0.1) is 38.1 Å². The number of benzene rings is 2. The number of hydrogen-bond acceptors (Lipinski definition) is 8. The first-order chi connectivity index (χ1) is 16.3. The maximum absolute atomic E-state index is 12.9. The summed E-state index contributed by atoms with van der Waals surface area (Å²) in [6.07, 6.45) is 0.889. The van der Waals surface area contributed by atoms with Gasteiger partial charge < -0.3 is 4.74 Å². The van der Waals surface area contributed by atoms with Crippen molar-refractivity contribution in [2.24, 2.45) is 0 Å². The van der Waals surface area contributed by atoms with Crippen molar-refractivity contribution in [1.29, 1.82) is 0 Å². The Morgan fingerprint density at radius 2 is 1.97 bits per heavy atom. The van der Waals surface area contributed by atoms with Crippen LogP contribution in [-0.2, 0) is 14.6 Å². The monoisotopic (exact) mass is 522 g/mol. The molecule has 1 aliphatic rings. The summed E-state index contributed by atoms with van der Waals surface area (Å²) in [7, 11) is -3.49. The van der Waals surface area contributed by atoms with Gasteiger partial charge in [-0.1, -0.05) is 35.1 Å². The summed E-state index contributed by atoms with van der Waals surface area (Å²) in [5, 5.41) is 5.17. The van der Waals surface area contributed by atoms with Gasteiger partial charge in [-0.15, -0.1) is 0 Å². The van der Waals surface area contributed by atoms with Gasteiger partial charge in [0.25, 0.3) is 5.91 Å². The Morgan fingerprint density at radius 1 is 1.15 bits per heavy atom. The lowest BCUT2D eigenvalue weighted by molar-refractivity contribution is 0.0967. The highest BCUT2D eigenvalue weighted by atomic mass is 35.5. The van der Waals surface area contributed by atoms with Crippen LogP contribution in [-0.4, -0.2) is 68.8 Å². The van der Waals surface area contributed by atoms with E-state index in [0.717, 1.165) is 30.8 Å². The van der Waals surface area contributed by atoms with Crippen molar-refractivity contribution in [2.45, 2.75) is 11.3 Å². The molecule has 0 bridgehead atoms. The molecule has 1 aromatic heterocycles. The number of hydrogen-bond donors (Lipinski definition) is 2. The zero-order chi connectivity index (χ0) is 24.1. The van der Waals surface area contributed by atoms with E-state index >= 15 is 0 Å². The van der Waals surface area contributed by atoms with Gasteiger partial charge in [-0.3, -0.25) is 20.3 Å². The highest BCUT2D eigenvalue weighted by molar-refractivity contribution is 7.91. The van der Waals surface area contributed by atoms with Crippen LogP contribution in [0.3, 0.4) is 0 Å². The number of sulfone groups is 1. The number of ether oxygens (including phenoxy) is 1. The maximum atomic E-state index is 12.9. The number of urea groups is 1. The average molecular weight is 523 g/mol. The zero-order valence-electron chi connectivity index (χ0n) is 18.1. The van der Waals surface area contributed by atoms with Crippen molar-refractivity contribution in [3.05, 3.63) is 53.1 Å². The molecule has 1 saturated heterocycles. The number of carbonyl (C=O) groups is 2. The molecule has 0 spiro atoms. The molecule has 0 atom stereocenters. The molecular weight excluding hydrogens is 500 g/mol. The van der Waals surface area contributed by atoms with Gasteiger partial charge in [-0.2, -0.15) is 0 Å². The van der Waals surface area contributed by atoms with Crippen molar-refractivity contribution in [1.82, 2.24) is 15.2 Å². The Labute approximate surface area is 206 Å². The highest BCUT2D eigenvalue weighted by Crippen LogP contribution is 2.28. The summed E-state index contributed by atoms with van der Waals surface area (Å²) in [5.41, 5.74) is 0.715. The minimum Gasteiger partial charge on any atom is -0.380 e. The number of fused-ring (bicyclic) bond motifs is 1. The topological polar surface area (TPSA) is 118 Å². The molecule has 0 radical (unpaired) electrons. The van der Waals surface area contributed by atoms with Crippen LogP contribution in [0, 0.1) is 0 Å². The summed E-state index contributed by atoms with van der Waals surface area (Å²) < 4.78 is 31.8. The summed E-state index contributed by atoms with van der Waals surface area (Å²) in [6, 6.07) is 10.3. The maximum Gasteiger partial charge on any atom is 0.327 e. The smallest absolute Gasteiger partial charge is 0.327 e. The average Bonchev–Trinajstić information content (AvgIpc) is 3.01. The van der Waals surface area contributed by atoms with Crippen LogP contribution in [0.25, 0.3) is 10.2 Å². The molecule has 2 heterocycles. The molecule has 12 heteroatoms. The lowest BCUT2D eigenvalue weighted by Gasteiger charge is -2.18. The first-order valence-electron chi connectivity index (χ1n) is 10.6. The lowest BCUT2D eigenvalue weighted by Crippen LogP contribution is -2.34. The molecule has 0 unspecified atom stereocenters. The molecule has 180 valence electrons. The lowest BCUT2D eigenvalue weighted by atomic mass is 10.2. The Morgan fingerprint density at radius 3 is 2.79 bits per heavy atom. The molecule has 9 nitrogen and oxygen atoms in total. The van der Waals surface area contributed by atoms with Crippen molar-refractivity contribution < 1.29 is 22.7 Å². The van der Waals surface area contributed by atoms with E-state index in [1.165, 1.54) is 12.1 Å². The molecule has 3 aromatic rings. The van der Waals surface area contributed by atoms with Gasteiger partial charge in [0, 0.05) is 26.2 Å². The third-order valence-electron chi connectivity index (χ3n) is 5.28. The van der Waals surface area contributed by atoms with Crippen LogP contribution in [0.1, 0.15) is 16.8 Å². The first-order valence-corrected chi connectivity index (χ1v) is 13.5. The summed E-state index contributed by atoms with van der Waals surface area (Å²) in [4.78, 5) is 31.1. The molecule has 2 aromatic carbocycles. The first kappa shape index (κ1) is 24.6. The Hall–Kier alpha value is -2.57. The fourth-order valence-electron chi connectivity index (χ4n) is 3.48. The summed E-state index contributed by atoms with van der Waals surface area (Å²) in [5.74, 6) is -0.636. The molecule has 3 amide bonds. The quantitative estimate of drug-likeness (QED) is 0.509. The SMILES string of the molecule is O=C(NC(=O)c1ccccc1Cl)Nc1nc2ccc(S(=O)(=O)CCN3CCCOCC3)cc2s1. The molecular formula is C22H23ClN4O5S2. The predicted molar refractivity (Wildman–Crippen MR) is 131 cm³/mol. The van der Waals surface area contributed by atoms with Crippen molar-refractivity contribution in [3.63, 3.8) is 0 Å². The van der Waals surface area contributed by atoms with Gasteiger partial charge in [0.15, 0.2) is 15.0 Å². The molecule has 4 rings (SSSR count). The third-order valence-corrected chi connectivity index (χ3v) is 8.23. The van der Waals surface area contributed by atoms with Crippen LogP contribution >= 0.6 is 22.9 Å². The van der Waals surface area contributed by atoms with Crippen LogP contribution in [0.2, 0.25) is 5.02 Å². The minimum atomic E-state index is -3.49. The number of thiazole rings is 1. The largest absolute Gasteiger partial charge is 0.380 e. The van der Waals surface area contributed by atoms with E-state index in [1.807, 2.05) is 0 Å². The van der Waals surface area contributed by atoms with Crippen LogP contribution in [0.4, 0.5) is 9.93 Å². The fourth-order valence-corrected chi connectivity index (χ4v) is 5.99. The van der Waals surface area contributed by atoms with Gasteiger partial charge in [0.1, 0.15) is 0 Å². The third kappa shape index (κ3) is 6.10. The van der Waals surface area contributed by atoms with Crippen molar-refractivity contribution in [2.75, 3.05) is 43.9 Å².